The first-order valence-corrected chi connectivity index (χ1v) is 7.02. The minimum Gasteiger partial charge on any atom is -0.494 e. The van der Waals surface area contributed by atoms with Gasteiger partial charge in [0, 0.05) is 0 Å². The number of nitrogens with one attached hydrogen (secondary N) is 2. The van der Waals surface area contributed by atoms with E-state index in [0.29, 0.717) is 18.7 Å². The molecular formula is C15H18FN3O3. The average Bonchev–Trinajstić information content (AvgIpc) is 2.47. The van der Waals surface area contributed by atoms with Gasteiger partial charge in [0.05, 0.1) is 11.6 Å². The molecule has 0 fully saturated rings. The van der Waals surface area contributed by atoms with E-state index >= 15 is 0 Å². The van der Waals surface area contributed by atoms with Crippen LogP contribution in [0, 0.1) is 5.82 Å². The number of benzene rings is 1. The van der Waals surface area contributed by atoms with Gasteiger partial charge >= 0.3 is 5.69 Å². The molecule has 118 valence electrons. The lowest BCUT2D eigenvalue weighted by Crippen LogP contribution is -2.35. The third-order valence-corrected chi connectivity index (χ3v) is 3.60. The van der Waals surface area contributed by atoms with Crippen LogP contribution in [0.1, 0.15) is 31.0 Å². The van der Waals surface area contributed by atoms with Crippen molar-refractivity contribution in [3.63, 3.8) is 0 Å². The van der Waals surface area contributed by atoms with Gasteiger partial charge in [0.2, 0.25) is 5.88 Å². The fraction of sp³-hybridized carbons (Fsp3) is 0.333. The summed E-state index contributed by atoms with van der Waals surface area (Å²) >= 11 is 0. The van der Waals surface area contributed by atoms with Gasteiger partial charge in [0.1, 0.15) is 5.82 Å². The van der Waals surface area contributed by atoms with Crippen molar-refractivity contribution in [1.29, 1.82) is 0 Å². The van der Waals surface area contributed by atoms with E-state index in [9.17, 15) is 19.1 Å². The van der Waals surface area contributed by atoms with Crippen LogP contribution in [0.3, 0.4) is 0 Å². The van der Waals surface area contributed by atoms with Crippen molar-refractivity contribution >= 4 is 0 Å². The molecule has 2 aromatic rings. The molecule has 0 aliphatic carbocycles. The van der Waals surface area contributed by atoms with Crippen LogP contribution in [0.2, 0.25) is 0 Å². The van der Waals surface area contributed by atoms with Crippen molar-refractivity contribution in [2.24, 2.45) is 0 Å². The van der Waals surface area contributed by atoms with Crippen molar-refractivity contribution in [3.05, 3.63) is 62.0 Å². The van der Waals surface area contributed by atoms with Crippen LogP contribution in [-0.2, 0) is 0 Å². The predicted octanol–water partition coefficient (Wildman–Crippen LogP) is 1.34. The predicted molar refractivity (Wildman–Crippen MR) is 80.5 cm³/mol. The quantitative estimate of drug-likeness (QED) is 0.777. The molecule has 2 rings (SSSR count). The molecule has 7 heteroatoms. The Kier molecular flexibility index (Phi) is 4.77. The third-order valence-electron chi connectivity index (χ3n) is 3.60. The number of rotatable bonds is 5. The van der Waals surface area contributed by atoms with Gasteiger partial charge in [-0.25, -0.2) is 9.18 Å². The molecule has 1 unspecified atom stereocenters. The number of hydrogen-bond acceptors (Lipinski definition) is 4. The Bertz CT molecular complexity index is 748. The van der Waals surface area contributed by atoms with E-state index in [4.69, 9.17) is 0 Å². The van der Waals surface area contributed by atoms with E-state index in [-0.39, 0.29) is 11.4 Å². The summed E-state index contributed by atoms with van der Waals surface area (Å²) in [6.07, 6.45) is 0. The molecule has 0 aliphatic heterocycles. The lowest BCUT2D eigenvalue weighted by Gasteiger charge is -2.29. The Morgan fingerprint density at radius 3 is 2.23 bits per heavy atom. The minimum atomic E-state index is -0.774. The van der Waals surface area contributed by atoms with E-state index < -0.39 is 23.2 Å². The molecule has 0 saturated heterocycles. The summed E-state index contributed by atoms with van der Waals surface area (Å²) in [5.74, 6) is -0.864. The summed E-state index contributed by atoms with van der Waals surface area (Å²) < 4.78 is 13.2. The molecular weight excluding hydrogens is 289 g/mol. The van der Waals surface area contributed by atoms with Gasteiger partial charge in [-0.05, 0) is 30.8 Å². The summed E-state index contributed by atoms with van der Waals surface area (Å²) in [6, 6.07) is 5.12. The molecule has 1 heterocycles. The smallest absolute Gasteiger partial charge is 0.328 e. The fourth-order valence-corrected chi connectivity index (χ4v) is 2.53. The first-order valence-electron chi connectivity index (χ1n) is 7.02. The maximum absolute atomic E-state index is 13.2. The number of halogens is 1. The van der Waals surface area contributed by atoms with Crippen LogP contribution in [-0.4, -0.2) is 33.1 Å². The molecule has 0 bridgehead atoms. The highest BCUT2D eigenvalue weighted by atomic mass is 19.1. The zero-order chi connectivity index (χ0) is 16.3. The maximum Gasteiger partial charge on any atom is 0.328 e. The number of H-pyrrole nitrogens is 2. The molecule has 1 atom stereocenters. The molecule has 1 aromatic carbocycles. The van der Waals surface area contributed by atoms with Crippen molar-refractivity contribution in [1.82, 2.24) is 14.9 Å². The van der Waals surface area contributed by atoms with E-state index in [1.807, 2.05) is 18.7 Å². The van der Waals surface area contributed by atoms with E-state index in [1.165, 1.54) is 12.1 Å². The Balaban J connectivity index is 2.66. The van der Waals surface area contributed by atoms with Crippen LogP contribution >= 0.6 is 0 Å². The van der Waals surface area contributed by atoms with Gasteiger partial charge in [-0.15, -0.1) is 0 Å². The second-order valence-corrected chi connectivity index (χ2v) is 4.85. The van der Waals surface area contributed by atoms with Gasteiger partial charge in [-0.3, -0.25) is 19.7 Å². The maximum atomic E-state index is 13.2. The Labute approximate surface area is 126 Å². The third kappa shape index (κ3) is 3.09. The monoisotopic (exact) mass is 307 g/mol. The minimum absolute atomic E-state index is 0.0370. The van der Waals surface area contributed by atoms with Crippen LogP contribution in [0.5, 0.6) is 5.88 Å². The normalized spacial score (nSPS) is 12.5. The van der Waals surface area contributed by atoms with E-state index in [2.05, 4.69) is 9.97 Å². The molecule has 22 heavy (non-hydrogen) atoms. The summed E-state index contributed by atoms with van der Waals surface area (Å²) in [5, 5.41) is 10.0. The van der Waals surface area contributed by atoms with E-state index in [0.717, 1.165) is 0 Å². The lowest BCUT2D eigenvalue weighted by molar-refractivity contribution is 0.243. The van der Waals surface area contributed by atoms with Crippen molar-refractivity contribution < 1.29 is 9.50 Å². The summed E-state index contributed by atoms with van der Waals surface area (Å²) in [5.41, 5.74) is -0.751. The topological polar surface area (TPSA) is 89.2 Å². The van der Waals surface area contributed by atoms with Crippen LogP contribution in [0.4, 0.5) is 4.39 Å². The second kappa shape index (κ2) is 6.57. The molecule has 0 aliphatic rings. The molecule has 6 nitrogen and oxygen atoms in total. The fourth-order valence-electron chi connectivity index (χ4n) is 2.53. The Morgan fingerprint density at radius 2 is 1.73 bits per heavy atom. The van der Waals surface area contributed by atoms with Gasteiger partial charge in [-0.2, -0.15) is 0 Å². The van der Waals surface area contributed by atoms with Gasteiger partial charge < -0.3 is 5.11 Å². The van der Waals surface area contributed by atoms with Gasteiger partial charge in [0.15, 0.2) is 0 Å². The highest BCUT2D eigenvalue weighted by Crippen LogP contribution is 2.30. The number of aromatic amines is 2. The van der Waals surface area contributed by atoms with Gasteiger partial charge in [0.25, 0.3) is 5.56 Å². The zero-order valence-electron chi connectivity index (χ0n) is 12.4. The standard InChI is InChI=1S/C15H18FN3O3/c1-3-19(4-2)12(9-5-7-10(16)8-6-9)11-13(20)17-15(22)18-14(11)21/h5-8,12H,3-4H2,1-2H3,(H3,17,18,20,21,22). The molecule has 0 saturated carbocycles. The molecule has 1 aromatic heterocycles. The number of hydrogen-bond donors (Lipinski definition) is 3. The first kappa shape index (κ1) is 16.0. The van der Waals surface area contributed by atoms with E-state index in [1.54, 1.807) is 12.1 Å². The Hall–Kier alpha value is -2.41. The van der Waals surface area contributed by atoms with Crippen LogP contribution in [0.15, 0.2) is 33.9 Å². The highest BCUT2D eigenvalue weighted by Gasteiger charge is 2.26. The van der Waals surface area contributed by atoms with Crippen LogP contribution < -0.4 is 11.2 Å². The molecule has 0 spiro atoms. The molecule has 0 amide bonds. The number of aromatic hydroxyl groups is 1. The van der Waals surface area contributed by atoms with Crippen molar-refractivity contribution in [2.45, 2.75) is 19.9 Å². The summed E-state index contributed by atoms with van der Waals surface area (Å²) in [4.78, 5) is 29.6. The lowest BCUT2D eigenvalue weighted by atomic mass is 9.98. The first-order chi connectivity index (χ1) is 10.5. The van der Waals surface area contributed by atoms with Crippen molar-refractivity contribution in [2.75, 3.05) is 13.1 Å². The number of aromatic nitrogens is 2. The molecule has 3 N–H and O–H groups in total. The summed E-state index contributed by atoms with van der Waals surface area (Å²) in [6.45, 7) is 5.04. The number of nitrogens with zero attached hydrogens (tertiary/aromatic N) is 1. The Morgan fingerprint density at radius 1 is 1.14 bits per heavy atom. The highest BCUT2D eigenvalue weighted by molar-refractivity contribution is 5.35. The average molecular weight is 307 g/mol. The largest absolute Gasteiger partial charge is 0.494 e. The van der Waals surface area contributed by atoms with Gasteiger partial charge in [-0.1, -0.05) is 26.0 Å². The van der Waals surface area contributed by atoms with Crippen LogP contribution in [0.25, 0.3) is 0 Å². The zero-order valence-corrected chi connectivity index (χ0v) is 12.4. The SMILES string of the molecule is CCN(CC)C(c1ccc(F)cc1)c1c(O)[nH]c(=O)[nH]c1=O. The summed E-state index contributed by atoms with van der Waals surface area (Å²) in [7, 11) is 0. The second-order valence-electron chi connectivity index (χ2n) is 4.85. The van der Waals surface area contributed by atoms with Crippen molar-refractivity contribution in [3.8, 4) is 5.88 Å². The molecule has 0 radical (unpaired) electrons.